The molecule has 0 aromatic rings. The molecule has 0 unspecified atom stereocenters. The maximum Gasteiger partial charge on any atom is 0.0913 e. The summed E-state index contributed by atoms with van der Waals surface area (Å²) in [6.07, 6.45) is 2.09. The molecule has 0 radical (unpaired) electrons. The number of aliphatic hydroxyl groups excluding tert-OH is 6. The molecule has 5 rings (SSSR count). The fourth-order valence-electron chi connectivity index (χ4n) is 11.0. The minimum Gasteiger partial charge on any atom is -0.396 e. The van der Waals surface area contributed by atoms with Gasteiger partial charge in [0.05, 0.1) is 42.5 Å². The summed E-state index contributed by atoms with van der Waals surface area (Å²) in [5, 5.41) is 66.6. The van der Waals surface area contributed by atoms with Crippen LogP contribution in [0.4, 0.5) is 0 Å². The highest BCUT2D eigenvalue weighted by molar-refractivity contribution is 5.36. The lowest BCUT2D eigenvalue weighted by molar-refractivity contribution is -0.263. The third kappa shape index (κ3) is 2.95. The van der Waals surface area contributed by atoms with Gasteiger partial charge in [0.25, 0.3) is 0 Å². The van der Waals surface area contributed by atoms with Crippen molar-refractivity contribution in [1.29, 1.82) is 0 Å². The molecule has 0 saturated heterocycles. The highest BCUT2D eigenvalue weighted by Crippen LogP contribution is 2.75. The van der Waals surface area contributed by atoms with Gasteiger partial charge in [-0.25, -0.2) is 0 Å². The average molecular weight is 507 g/mol. The molecular weight excluding hydrogens is 456 g/mol. The Morgan fingerprint density at radius 1 is 0.806 bits per heavy atom. The molecule has 0 aliphatic heterocycles. The van der Waals surface area contributed by atoms with Gasteiger partial charge in [-0.15, -0.1) is 0 Å². The lowest BCUT2D eigenvalue weighted by Crippen LogP contribution is -2.72. The Hall–Kier alpha value is -0.500. The molecule has 12 atom stereocenters. The summed E-state index contributed by atoms with van der Waals surface area (Å²) in [7, 11) is 0. The zero-order valence-corrected chi connectivity index (χ0v) is 23.3. The molecule has 206 valence electrons. The summed E-state index contributed by atoms with van der Waals surface area (Å²) in [5.74, 6) is 0.346. The van der Waals surface area contributed by atoms with Gasteiger partial charge in [0.15, 0.2) is 0 Å². The zero-order valence-electron chi connectivity index (χ0n) is 23.3. The molecule has 0 aromatic heterocycles. The average Bonchev–Trinajstić information content (AvgIpc) is 2.77. The van der Waals surface area contributed by atoms with Crippen molar-refractivity contribution in [2.75, 3.05) is 6.61 Å². The van der Waals surface area contributed by atoms with Gasteiger partial charge in [-0.05, 0) is 83.4 Å². The van der Waals surface area contributed by atoms with Gasteiger partial charge in [0.1, 0.15) is 0 Å². The summed E-state index contributed by atoms with van der Waals surface area (Å²) in [6, 6.07) is 0. The van der Waals surface area contributed by atoms with Gasteiger partial charge in [0.2, 0.25) is 0 Å². The highest BCUT2D eigenvalue weighted by atomic mass is 16.3. The molecule has 6 nitrogen and oxygen atoms in total. The molecule has 6 N–H and O–H groups in total. The minimum atomic E-state index is -1.20. The third-order valence-corrected chi connectivity index (χ3v) is 13.4. The van der Waals surface area contributed by atoms with Crippen LogP contribution in [0.2, 0.25) is 0 Å². The first-order valence-corrected chi connectivity index (χ1v) is 14.2. The molecule has 0 aromatic carbocycles. The van der Waals surface area contributed by atoms with Crippen LogP contribution in [-0.2, 0) is 0 Å². The number of hydrogen-bond acceptors (Lipinski definition) is 6. The summed E-state index contributed by atoms with van der Waals surface area (Å²) in [4.78, 5) is 0. The van der Waals surface area contributed by atoms with Crippen LogP contribution in [0.25, 0.3) is 0 Å². The quantitative estimate of drug-likeness (QED) is 0.304. The van der Waals surface area contributed by atoms with Gasteiger partial charge in [0, 0.05) is 0 Å². The molecule has 5 aliphatic carbocycles. The van der Waals surface area contributed by atoms with E-state index < -0.39 is 41.3 Å². The first-order valence-electron chi connectivity index (χ1n) is 14.2. The van der Waals surface area contributed by atoms with Gasteiger partial charge >= 0.3 is 0 Å². The first-order chi connectivity index (χ1) is 16.4. The van der Waals surface area contributed by atoms with E-state index in [1.807, 2.05) is 13.8 Å². The second kappa shape index (κ2) is 7.79. The fourth-order valence-corrected chi connectivity index (χ4v) is 11.0. The Morgan fingerprint density at radius 2 is 1.44 bits per heavy atom. The Labute approximate surface area is 216 Å². The van der Waals surface area contributed by atoms with Crippen molar-refractivity contribution >= 4 is 0 Å². The monoisotopic (exact) mass is 506 g/mol. The lowest BCUT2D eigenvalue weighted by Gasteiger charge is -2.72. The van der Waals surface area contributed by atoms with E-state index >= 15 is 0 Å². The second-order valence-corrected chi connectivity index (χ2v) is 15.5. The fraction of sp³-hybridized carbons (Fsp3) is 0.933. The van der Waals surface area contributed by atoms with Crippen LogP contribution in [0.3, 0.4) is 0 Å². The summed E-state index contributed by atoms with van der Waals surface area (Å²) < 4.78 is 0. The van der Waals surface area contributed by atoms with Crippen molar-refractivity contribution in [2.24, 2.45) is 50.2 Å². The number of allylic oxidation sites excluding steroid dienone is 2. The maximum atomic E-state index is 11.7. The van der Waals surface area contributed by atoms with Crippen LogP contribution in [0.5, 0.6) is 0 Å². The van der Waals surface area contributed by atoms with Crippen LogP contribution in [0, 0.1) is 50.2 Å². The number of fused-ring (bicyclic) bond motifs is 7. The Bertz CT molecular complexity index is 944. The topological polar surface area (TPSA) is 121 Å². The third-order valence-electron chi connectivity index (χ3n) is 13.4. The minimum absolute atomic E-state index is 0.145. The van der Waals surface area contributed by atoms with Crippen LogP contribution >= 0.6 is 0 Å². The van der Waals surface area contributed by atoms with Crippen molar-refractivity contribution in [3.05, 3.63) is 11.6 Å². The first kappa shape index (κ1) is 27.1. The lowest BCUT2D eigenvalue weighted by atomic mass is 9.33. The van der Waals surface area contributed by atoms with Crippen molar-refractivity contribution in [1.82, 2.24) is 0 Å². The molecule has 0 amide bonds. The Kier molecular flexibility index (Phi) is 5.86. The second-order valence-electron chi connectivity index (χ2n) is 15.5. The number of rotatable bonds is 1. The highest BCUT2D eigenvalue weighted by Gasteiger charge is 2.72. The predicted octanol–water partition coefficient (Wildman–Crippen LogP) is 3.02. The molecule has 6 heteroatoms. The van der Waals surface area contributed by atoms with E-state index in [0.29, 0.717) is 19.3 Å². The molecule has 0 bridgehead atoms. The number of aliphatic hydroxyl groups is 6. The Morgan fingerprint density at radius 3 is 2.06 bits per heavy atom. The standard InChI is InChI=1S/C30H50O6/c1-25(2)12-17-16-8-9-20-27(5)13-18(32)22(34)26(3,4)19(27)10-11-28(20,6)29(16,7)14-21(33)30(17,15-31)24(36)23(25)35/h8,17-24,31-36H,9-15H2,1-7H3/t17-,18+,19-,20+,21-,22-,23-,24-,27-,28+,29+,30-/m0/s1. The van der Waals surface area contributed by atoms with Crippen LogP contribution < -0.4 is 0 Å². The SMILES string of the molecule is CC1(C)C[C@H]2C3=CC[C@@H]4[C@@]5(C)C[C@@H](O)[C@H](O)C(C)(C)[C@@H]5CC[C@@]4(C)[C@]3(C)C[C@H](O)[C@@]2(CO)[C@@H](O)[C@@H]1O. The van der Waals surface area contributed by atoms with E-state index in [2.05, 4.69) is 40.7 Å². The van der Waals surface area contributed by atoms with Gasteiger partial charge in [-0.2, -0.15) is 0 Å². The summed E-state index contributed by atoms with van der Waals surface area (Å²) >= 11 is 0. The van der Waals surface area contributed by atoms with Crippen molar-refractivity contribution in [2.45, 2.75) is 118 Å². The molecule has 36 heavy (non-hydrogen) atoms. The smallest absolute Gasteiger partial charge is 0.0913 e. The largest absolute Gasteiger partial charge is 0.396 e. The predicted molar refractivity (Wildman–Crippen MR) is 138 cm³/mol. The van der Waals surface area contributed by atoms with E-state index in [9.17, 15) is 30.6 Å². The maximum absolute atomic E-state index is 11.7. The molecule has 4 saturated carbocycles. The van der Waals surface area contributed by atoms with E-state index in [4.69, 9.17) is 0 Å². The molecule has 0 heterocycles. The van der Waals surface area contributed by atoms with Crippen LogP contribution in [-0.4, -0.2) is 67.8 Å². The number of hydrogen-bond donors (Lipinski definition) is 6. The van der Waals surface area contributed by atoms with Crippen LogP contribution in [0.1, 0.15) is 87.0 Å². The normalized spacial score (nSPS) is 57.5. The van der Waals surface area contributed by atoms with Gasteiger partial charge in [-0.3, -0.25) is 0 Å². The van der Waals surface area contributed by atoms with E-state index in [1.54, 1.807) is 0 Å². The Balaban J connectivity index is 1.64. The van der Waals surface area contributed by atoms with Crippen LogP contribution in [0.15, 0.2) is 11.6 Å². The van der Waals surface area contributed by atoms with Crippen molar-refractivity contribution in [3.63, 3.8) is 0 Å². The van der Waals surface area contributed by atoms with E-state index in [0.717, 1.165) is 19.3 Å². The van der Waals surface area contributed by atoms with Crippen molar-refractivity contribution < 1.29 is 30.6 Å². The summed E-state index contributed by atoms with van der Waals surface area (Å²) in [5.41, 5.74) is -1.50. The molecule has 4 fully saturated rings. The molecule has 0 spiro atoms. The summed E-state index contributed by atoms with van der Waals surface area (Å²) in [6.45, 7) is 14.8. The van der Waals surface area contributed by atoms with E-state index in [-0.39, 0.29) is 46.0 Å². The molecular formula is C30H50O6. The van der Waals surface area contributed by atoms with E-state index in [1.165, 1.54) is 5.57 Å². The van der Waals surface area contributed by atoms with Gasteiger partial charge < -0.3 is 30.6 Å². The van der Waals surface area contributed by atoms with Gasteiger partial charge in [-0.1, -0.05) is 60.1 Å². The molecule has 5 aliphatic rings. The van der Waals surface area contributed by atoms with Crippen molar-refractivity contribution in [3.8, 4) is 0 Å². The zero-order chi connectivity index (χ0) is 26.9.